The Morgan fingerprint density at radius 1 is 1.42 bits per heavy atom. The van der Waals surface area contributed by atoms with Crippen molar-refractivity contribution in [2.75, 3.05) is 31.4 Å². The van der Waals surface area contributed by atoms with Gasteiger partial charge in [-0.15, -0.1) is 0 Å². The van der Waals surface area contributed by atoms with E-state index in [9.17, 15) is 8.42 Å². The Bertz CT molecular complexity index is 530. The summed E-state index contributed by atoms with van der Waals surface area (Å²) >= 11 is 0. The Kier molecular flexibility index (Phi) is 4.31. The van der Waals surface area contributed by atoms with Crippen LogP contribution in [0.5, 0.6) is 5.75 Å². The summed E-state index contributed by atoms with van der Waals surface area (Å²) in [4.78, 5) is 2.19. The molecule has 0 unspecified atom stereocenters. The lowest BCUT2D eigenvalue weighted by atomic mass is 10.1. The third kappa shape index (κ3) is 4.11. The van der Waals surface area contributed by atoms with Crippen molar-refractivity contribution < 1.29 is 13.2 Å². The number of methoxy groups -OCH3 is 1. The van der Waals surface area contributed by atoms with Crippen LogP contribution in [-0.2, 0) is 10.0 Å². The van der Waals surface area contributed by atoms with Crippen LogP contribution in [0.15, 0.2) is 24.3 Å². The molecular formula is C13H20N2O3S. The Balaban J connectivity index is 2.08. The molecule has 0 aliphatic carbocycles. The monoisotopic (exact) mass is 284 g/mol. The van der Waals surface area contributed by atoms with E-state index >= 15 is 0 Å². The van der Waals surface area contributed by atoms with Gasteiger partial charge in [0.15, 0.2) is 0 Å². The van der Waals surface area contributed by atoms with Crippen molar-refractivity contribution in [1.82, 2.24) is 4.72 Å². The van der Waals surface area contributed by atoms with Crippen LogP contribution in [0, 0.1) is 0 Å². The predicted molar refractivity (Wildman–Crippen MR) is 76.2 cm³/mol. The van der Waals surface area contributed by atoms with Crippen molar-refractivity contribution in [3.8, 4) is 5.75 Å². The maximum absolute atomic E-state index is 11.3. The molecule has 6 heteroatoms. The highest BCUT2D eigenvalue weighted by Gasteiger charge is 2.22. The van der Waals surface area contributed by atoms with E-state index in [0.29, 0.717) is 6.54 Å². The number of piperidine rings is 1. The average Bonchev–Trinajstić information content (AvgIpc) is 2.37. The minimum absolute atomic E-state index is 0.0186. The van der Waals surface area contributed by atoms with Crippen LogP contribution in [0.25, 0.3) is 0 Å². The molecule has 0 saturated carbocycles. The Hall–Kier alpha value is -1.27. The van der Waals surface area contributed by atoms with Gasteiger partial charge in [-0.1, -0.05) is 6.07 Å². The summed E-state index contributed by atoms with van der Waals surface area (Å²) in [6.45, 7) is 1.63. The summed E-state index contributed by atoms with van der Waals surface area (Å²) in [6.07, 6.45) is 3.06. The lowest BCUT2D eigenvalue weighted by Gasteiger charge is -2.34. The number of ether oxygens (including phenoxy) is 1. The molecule has 106 valence electrons. The molecule has 0 amide bonds. The third-order valence-electron chi connectivity index (χ3n) is 3.22. The molecule has 1 aliphatic rings. The Labute approximate surface area is 114 Å². The van der Waals surface area contributed by atoms with E-state index < -0.39 is 10.0 Å². The van der Waals surface area contributed by atoms with Crippen molar-refractivity contribution in [3.05, 3.63) is 24.3 Å². The van der Waals surface area contributed by atoms with E-state index in [0.717, 1.165) is 30.8 Å². The molecule has 1 aliphatic heterocycles. The summed E-state index contributed by atoms with van der Waals surface area (Å²) in [5, 5.41) is 0. The number of anilines is 1. The van der Waals surface area contributed by atoms with Crippen molar-refractivity contribution in [2.24, 2.45) is 0 Å². The van der Waals surface area contributed by atoms with Gasteiger partial charge in [0.2, 0.25) is 10.0 Å². The number of hydrogen-bond acceptors (Lipinski definition) is 4. The highest BCUT2D eigenvalue weighted by Crippen LogP contribution is 2.24. The van der Waals surface area contributed by atoms with E-state index in [1.54, 1.807) is 7.11 Å². The molecular weight excluding hydrogens is 264 g/mol. The number of benzene rings is 1. The van der Waals surface area contributed by atoms with Crippen molar-refractivity contribution in [2.45, 2.75) is 18.9 Å². The smallest absolute Gasteiger partial charge is 0.209 e. The highest BCUT2D eigenvalue weighted by molar-refractivity contribution is 7.88. The number of nitrogens with zero attached hydrogens (tertiary/aromatic N) is 1. The second-order valence-corrected chi connectivity index (χ2v) is 6.66. The Morgan fingerprint density at radius 2 is 2.21 bits per heavy atom. The highest BCUT2D eigenvalue weighted by atomic mass is 32.2. The minimum atomic E-state index is -3.14. The van der Waals surface area contributed by atoms with Crippen LogP contribution in [0.4, 0.5) is 5.69 Å². The van der Waals surface area contributed by atoms with Crippen LogP contribution in [0.2, 0.25) is 0 Å². The molecule has 0 spiro atoms. The molecule has 1 atom stereocenters. The first-order valence-corrected chi connectivity index (χ1v) is 8.23. The van der Waals surface area contributed by atoms with E-state index in [1.165, 1.54) is 6.26 Å². The standard InChI is InChI=1S/C13H20N2O3S/c1-18-13-7-3-6-12(9-13)15-8-4-5-11(10-15)14-19(2,16)17/h3,6-7,9,11,14H,4-5,8,10H2,1-2H3/t11-/m1/s1. The van der Waals surface area contributed by atoms with Gasteiger partial charge in [-0.3, -0.25) is 0 Å². The van der Waals surface area contributed by atoms with Gasteiger partial charge in [0.25, 0.3) is 0 Å². The van der Waals surface area contributed by atoms with Crippen LogP contribution in [0.3, 0.4) is 0 Å². The van der Waals surface area contributed by atoms with Crippen molar-refractivity contribution >= 4 is 15.7 Å². The molecule has 1 heterocycles. The van der Waals surface area contributed by atoms with E-state index in [-0.39, 0.29) is 6.04 Å². The number of sulfonamides is 1. The zero-order chi connectivity index (χ0) is 13.9. The van der Waals surface area contributed by atoms with Crippen LogP contribution in [0.1, 0.15) is 12.8 Å². The fraction of sp³-hybridized carbons (Fsp3) is 0.538. The Morgan fingerprint density at radius 3 is 2.89 bits per heavy atom. The second kappa shape index (κ2) is 5.79. The zero-order valence-electron chi connectivity index (χ0n) is 11.3. The van der Waals surface area contributed by atoms with Gasteiger partial charge in [0.1, 0.15) is 5.75 Å². The number of hydrogen-bond donors (Lipinski definition) is 1. The molecule has 1 saturated heterocycles. The lowest BCUT2D eigenvalue weighted by Crippen LogP contribution is -2.47. The lowest BCUT2D eigenvalue weighted by molar-refractivity contribution is 0.414. The molecule has 0 aromatic heterocycles. The molecule has 0 bridgehead atoms. The fourth-order valence-electron chi connectivity index (χ4n) is 2.42. The summed E-state index contributed by atoms with van der Waals surface area (Å²) in [5.74, 6) is 0.815. The first-order chi connectivity index (χ1) is 8.98. The number of rotatable bonds is 4. The molecule has 2 rings (SSSR count). The molecule has 0 radical (unpaired) electrons. The van der Waals surface area contributed by atoms with Gasteiger partial charge < -0.3 is 9.64 Å². The van der Waals surface area contributed by atoms with Crippen molar-refractivity contribution in [1.29, 1.82) is 0 Å². The van der Waals surface area contributed by atoms with Gasteiger partial charge in [-0.25, -0.2) is 13.1 Å². The largest absolute Gasteiger partial charge is 0.497 e. The van der Waals surface area contributed by atoms with E-state index in [1.807, 2.05) is 24.3 Å². The molecule has 1 aromatic carbocycles. The van der Waals surface area contributed by atoms with Gasteiger partial charge in [0.05, 0.1) is 13.4 Å². The van der Waals surface area contributed by atoms with Gasteiger partial charge in [-0.05, 0) is 25.0 Å². The minimum Gasteiger partial charge on any atom is -0.497 e. The van der Waals surface area contributed by atoms with E-state index in [4.69, 9.17) is 4.74 Å². The molecule has 1 N–H and O–H groups in total. The summed E-state index contributed by atoms with van der Waals surface area (Å²) in [7, 11) is -1.50. The van der Waals surface area contributed by atoms with Gasteiger partial charge >= 0.3 is 0 Å². The number of nitrogens with one attached hydrogen (secondary N) is 1. The van der Waals surface area contributed by atoms with Crippen LogP contribution >= 0.6 is 0 Å². The van der Waals surface area contributed by atoms with Crippen LogP contribution < -0.4 is 14.4 Å². The maximum atomic E-state index is 11.3. The van der Waals surface area contributed by atoms with E-state index in [2.05, 4.69) is 9.62 Å². The zero-order valence-corrected chi connectivity index (χ0v) is 12.1. The normalized spacial score (nSPS) is 20.3. The molecule has 1 fully saturated rings. The van der Waals surface area contributed by atoms with Gasteiger partial charge in [0, 0.05) is 30.9 Å². The summed E-state index contributed by atoms with van der Waals surface area (Å²) in [6, 6.07) is 7.82. The summed E-state index contributed by atoms with van der Waals surface area (Å²) < 4.78 is 30.5. The first kappa shape index (κ1) is 14.1. The summed E-state index contributed by atoms with van der Waals surface area (Å²) in [5.41, 5.74) is 1.07. The fourth-order valence-corrected chi connectivity index (χ4v) is 3.22. The van der Waals surface area contributed by atoms with Gasteiger partial charge in [-0.2, -0.15) is 0 Å². The second-order valence-electron chi connectivity index (χ2n) is 4.88. The average molecular weight is 284 g/mol. The molecule has 19 heavy (non-hydrogen) atoms. The topological polar surface area (TPSA) is 58.6 Å². The predicted octanol–water partition coefficient (Wildman–Crippen LogP) is 1.21. The first-order valence-electron chi connectivity index (χ1n) is 6.34. The SMILES string of the molecule is COc1cccc(N2CCC[C@@H](NS(C)(=O)=O)C2)c1. The third-order valence-corrected chi connectivity index (χ3v) is 3.98. The van der Waals surface area contributed by atoms with Crippen LogP contribution in [-0.4, -0.2) is 40.9 Å². The molecule has 5 nitrogen and oxygen atoms in total. The van der Waals surface area contributed by atoms with Crippen molar-refractivity contribution in [3.63, 3.8) is 0 Å². The molecule has 1 aromatic rings. The maximum Gasteiger partial charge on any atom is 0.209 e. The quantitative estimate of drug-likeness (QED) is 0.903.